The zero-order valence-corrected chi connectivity index (χ0v) is 7.23. The zero-order valence-electron chi connectivity index (χ0n) is 7.23. The fraction of sp³-hybridized carbons (Fsp3) is 0.875. The Morgan fingerprint density at radius 2 is 2.17 bits per heavy atom. The minimum Gasteiger partial charge on any atom is -0.480 e. The maximum atomic E-state index is 10.8. The van der Waals surface area contributed by atoms with Crippen molar-refractivity contribution < 1.29 is 9.90 Å². The van der Waals surface area contributed by atoms with E-state index in [4.69, 9.17) is 5.11 Å². The monoisotopic (exact) mass is 170 g/mol. The van der Waals surface area contributed by atoms with Gasteiger partial charge in [-0.15, -0.1) is 0 Å². The zero-order chi connectivity index (χ0) is 8.72. The van der Waals surface area contributed by atoms with Crippen molar-refractivity contribution in [1.82, 2.24) is 9.80 Å². The fourth-order valence-corrected chi connectivity index (χ4v) is 2.25. The molecule has 3 rings (SSSR count). The van der Waals surface area contributed by atoms with Crippen molar-refractivity contribution in [2.45, 2.75) is 19.0 Å². The molecule has 4 nitrogen and oxygen atoms in total. The van der Waals surface area contributed by atoms with Crippen LogP contribution in [0.25, 0.3) is 0 Å². The SMILES string of the molecule is C[C@@H]1CN2CCN1[C@H](C(=O)O)C2. The molecule has 4 heteroatoms. The lowest BCUT2D eigenvalue weighted by atomic mass is 10.0. The van der Waals surface area contributed by atoms with Crippen LogP contribution in [0.5, 0.6) is 0 Å². The van der Waals surface area contributed by atoms with Crippen molar-refractivity contribution in [3.63, 3.8) is 0 Å². The van der Waals surface area contributed by atoms with E-state index in [1.165, 1.54) is 0 Å². The van der Waals surface area contributed by atoms with Gasteiger partial charge in [0.25, 0.3) is 0 Å². The van der Waals surface area contributed by atoms with Gasteiger partial charge in [-0.05, 0) is 6.92 Å². The molecule has 0 aromatic rings. The minimum absolute atomic E-state index is 0.262. The Kier molecular flexibility index (Phi) is 1.81. The Balaban J connectivity index is 2.14. The number of carboxylic acid groups (broad SMARTS) is 1. The molecule has 0 spiro atoms. The Labute approximate surface area is 71.8 Å². The summed E-state index contributed by atoms with van der Waals surface area (Å²) < 4.78 is 0. The molecular weight excluding hydrogens is 156 g/mol. The van der Waals surface area contributed by atoms with Gasteiger partial charge in [0.2, 0.25) is 0 Å². The van der Waals surface area contributed by atoms with E-state index >= 15 is 0 Å². The van der Waals surface area contributed by atoms with E-state index in [9.17, 15) is 4.79 Å². The number of aliphatic carboxylic acids is 1. The lowest BCUT2D eigenvalue weighted by molar-refractivity contribution is -0.151. The molecule has 2 unspecified atom stereocenters. The molecule has 3 fully saturated rings. The molecule has 0 aliphatic carbocycles. The molecule has 3 aliphatic heterocycles. The second-order valence-corrected chi connectivity index (χ2v) is 3.70. The van der Waals surface area contributed by atoms with Crippen LogP contribution in [0, 0.1) is 0 Å². The standard InChI is InChI=1S/C8H14N2O2/c1-6-4-9-2-3-10(6)7(5-9)8(11)12/h6-7H,2-5H2,1H3,(H,11,12)/t6-,7+/m1/s1. The van der Waals surface area contributed by atoms with Crippen molar-refractivity contribution in [3.8, 4) is 0 Å². The smallest absolute Gasteiger partial charge is 0.322 e. The van der Waals surface area contributed by atoms with E-state index in [-0.39, 0.29) is 6.04 Å². The third-order valence-electron chi connectivity index (χ3n) is 2.88. The quantitative estimate of drug-likeness (QED) is 0.574. The van der Waals surface area contributed by atoms with E-state index in [1.54, 1.807) is 0 Å². The van der Waals surface area contributed by atoms with Crippen molar-refractivity contribution in [2.75, 3.05) is 26.2 Å². The molecule has 0 aromatic carbocycles. The van der Waals surface area contributed by atoms with Gasteiger partial charge in [0.1, 0.15) is 6.04 Å². The summed E-state index contributed by atoms with van der Waals surface area (Å²) in [5.41, 5.74) is 0. The van der Waals surface area contributed by atoms with Crippen LogP contribution in [0.1, 0.15) is 6.92 Å². The fourth-order valence-electron chi connectivity index (χ4n) is 2.25. The first-order valence-electron chi connectivity index (χ1n) is 4.39. The topological polar surface area (TPSA) is 43.8 Å². The second-order valence-electron chi connectivity index (χ2n) is 3.70. The summed E-state index contributed by atoms with van der Waals surface area (Å²) in [5, 5.41) is 8.91. The van der Waals surface area contributed by atoms with Gasteiger partial charge in [0.05, 0.1) is 0 Å². The predicted molar refractivity (Wildman–Crippen MR) is 44.0 cm³/mol. The summed E-state index contributed by atoms with van der Waals surface area (Å²) in [6, 6.07) is 0.149. The summed E-state index contributed by atoms with van der Waals surface area (Å²) in [7, 11) is 0. The van der Waals surface area contributed by atoms with Gasteiger partial charge < -0.3 is 5.11 Å². The Morgan fingerprint density at radius 3 is 2.58 bits per heavy atom. The van der Waals surface area contributed by atoms with Crippen molar-refractivity contribution in [3.05, 3.63) is 0 Å². The Bertz CT molecular complexity index is 207. The molecule has 0 radical (unpaired) electrons. The molecule has 0 amide bonds. The number of nitrogens with zero attached hydrogens (tertiary/aromatic N) is 2. The number of piperazine rings is 3. The van der Waals surface area contributed by atoms with E-state index in [0.717, 1.165) is 19.6 Å². The number of hydrogen-bond acceptors (Lipinski definition) is 3. The summed E-state index contributed by atoms with van der Waals surface area (Å²) in [6.07, 6.45) is 0. The Morgan fingerprint density at radius 1 is 1.42 bits per heavy atom. The molecule has 0 aromatic heterocycles. The van der Waals surface area contributed by atoms with Gasteiger partial charge in [-0.1, -0.05) is 0 Å². The first-order chi connectivity index (χ1) is 5.68. The van der Waals surface area contributed by atoms with Crippen LogP contribution in [-0.2, 0) is 4.79 Å². The van der Waals surface area contributed by atoms with Crippen LogP contribution < -0.4 is 0 Å². The van der Waals surface area contributed by atoms with Crippen molar-refractivity contribution in [2.24, 2.45) is 0 Å². The summed E-state index contributed by atoms with van der Waals surface area (Å²) >= 11 is 0. The lowest BCUT2D eigenvalue weighted by Gasteiger charge is -2.49. The second kappa shape index (κ2) is 2.71. The summed E-state index contributed by atoms with van der Waals surface area (Å²) in [6.45, 7) is 5.79. The van der Waals surface area contributed by atoms with E-state index in [0.29, 0.717) is 12.6 Å². The first kappa shape index (κ1) is 8.01. The molecule has 4 atom stereocenters. The van der Waals surface area contributed by atoms with Crippen LogP contribution in [0.15, 0.2) is 0 Å². The van der Waals surface area contributed by atoms with Gasteiger partial charge in [-0.2, -0.15) is 0 Å². The maximum Gasteiger partial charge on any atom is 0.322 e. The minimum atomic E-state index is -0.675. The number of rotatable bonds is 1. The molecule has 68 valence electrons. The van der Waals surface area contributed by atoms with Crippen molar-refractivity contribution in [1.29, 1.82) is 0 Å². The third-order valence-corrected chi connectivity index (χ3v) is 2.88. The molecule has 0 saturated carbocycles. The maximum absolute atomic E-state index is 10.8. The molecule has 3 aliphatic rings. The van der Waals surface area contributed by atoms with Crippen molar-refractivity contribution >= 4 is 5.97 Å². The lowest BCUT2D eigenvalue weighted by Crippen LogP contribution is -2.66. The summed E-state index contributed by atoms with van der Waals surface area (Å²) in [4.78, 5) is 15.2. The van der Waals surface area contributed by atoms with Gasteiger partial charge in [-0.3, -0.25) is 14.6 Å². The average Bonchev–Trinajstić information content (AvgIpc) is 2.04. The van der Waals surface area contributed by atoms with Crippen LogP contribution >= 0.6 is 0 Å². The number of carbonyl (C=O) groups is 1. The van der Waals surface area contributed by atoms with Gasteiger partial charge in [-0.25, -0.2) is 0 Å². The van der Waals surface area contributed by atoms with E-state index < -0.39 is 5.97 Å². The predicted octanol–water partition coefficient (Wildman–Crippen LogP) is -0.541. The number of hydrogen-bond donors (Lipinski definition) is 1. The molecular formula is C8H14N2O2. The van der Waals surface area contributed by atoms with Crippen LogP contribution in [0.4, 0.5) is 0 Å². The normalized spacial score (nSPS) is 46.1. The number of fused-ring (bicyclic) bond motifs is 3. The highest BCUT2D eigenvalue weighted by Crippen LogP contribution is 2.20. The van der Waals surface area contributed by atoms with Gasteiger partial charge in [0.15, 0.2) is 0 Å². The first-order valence-corrected chi connectivity index (χ1v) is 4.39. The van der Waals surface area contributed by atoms with Gasteiger partial charge >= 0.3 is 5.97 Å². The van der Waals surface area contributed by atoms with Gasteiger partial charge in [0, 0.05) is 32.2 Å². The highest BCUT2D eigenvalue weighted by Gasteiger charge is 2.40. The summed E-state index contributed by atoms with van der Waals surface area (Å²) in [5.74, 6) is -0.675. The highest BCUT2D eigenvalue weighted by molar-refractivity contribution is 5.74. The molecule has 3 heterocycles. The number of carboxylic acids is 1. The van der Waals surface area contributed by atoms with Crippen LogP contribution in [0.3, 0.4) is 0 Å². The largest absolute Gasteiger partial charge is 0.480 e. The molecule has 3 saturated heterocycles. The third kappa shape index (κ3) is 1.11. The van der Waals surface area contributed by atoms with E-state index in [2.05, 4.69) is 16.7 Å². The molecule has 1 N–H and O–H groups in total. The Hall–Kier alpha value is -0.610. The van der Waals surface area contributed by atoms with Crippen LogP contribution in [0.2, 0.25) is 0 Å². The molecule has 2 bridgehead atoms. The van der Waals surface area contributed by atoms with E-state index in [1.807, 2.05) is 0 Å². The van der Waals surface area contributed by atoms with Crippen LogP contribution in [-0.4, -0.2) is 59.1 Å². The highest BCUT2D eigenvalue weighted by atomic mass is 16.4. The average molecular weight is 170 g/mol. The molecule has 12 heavy (non-hydrogen) atoms.